The zero-order valence-electron chi connectivity index (χ0n) is 14.6. The van der Waals surface area contributed by atoms with E-state index in [2.05, 4.69) is 21.9 Å². The summed E-state index contributed by atoms with van der Waals surface area (Å²) in [6.07, 6.45) is 3.20. The van der Waals surface area contributed by atoms with Crippen LogP contribution in [0.5, 0.6) is 12.0 Å². The van der Waals surface area contributed by atoms with Gasteiger partial charge in [0.05, 0.1) is 20.3 Å². The van der Waals surface area contributed by atoms with Crippen molar-refractivity contribution >= 4 is 17.0 Å². The maximum Gasteiger partial charge on any atom is 0.320 e. The van der Waals surface area contributed by atoms with E-state index in [0.717, 1.165) is 24.8 Å². The van der Waals surface area contributed by atoms with Crippen LogP contribution in [0.1, 0.15) is 31.7 Å². The molecular formula is C18H23N5O2. The molecule has 1 aromatic carbocycles. The third-order valence-electron chi connectivity index (χ3n) is 3.91. The predicted molar refractivity (Wildman–Crippen MR) is 96.9 cm³/mol. The van der Waals surface area contributed by atoms with Crippen molar-refractivity contribution in [1.82, 2.24) is 19.5 Å². The first-order chi connectivity index (χ1) is 12.2. The highest BCUT2D eigenvalue weighted by atomic mass is 16.5. The molecule has 2 heterocycles. The normalized spacial score (nSPS) is 11.0. The molecule has 2 N–H and O–H groups in total. The van der Waals surface area contributed by atoms with E-state index in [1.807, 2.05) is 34.9 Å². The first kappa shape index (κ1) is 17.0. The van der Waals surface area contributed by atoms with Gasteiger partial charge in [-0.1, -0.05) is 50.1 Å². The summed E-state index contributed by atoms with van der Waals surface area (Å²) < 4.78 is 12.9. The number of rotatable bonds is 8. The van der Waals surface area contributed by atoms with Crippen LogP contribution in [0.15, 0.2) is 30.3 Å². The van der Waals surface area contributed by atoms with Crippen LogP contribution < -0.4 is 15.2 Å². The van der Waals surface area contributed by atoms with Gasteiger partial charge in [-0.05, 0) is 12.0 Å². The molecule has 7 nitrogen and oxygen atoms in total. The molecule has 0 aliphatic heterocycles. The van der Waals surface area contributed by atoms with E-state index in [1.54, 1.807) is 7.11 Å². The molecular weight excluding hydrogens is 318 g/mol. The van der Waals surface area contributed by atoms with Gasteiger partial charge in [0, 0.05) is 0 Å². The Labute approximate surface area is 146 Å². The number of methoxy groups -OCH3 is 1. The Balaban J connectivity index is 1.94. The highest BCUT2D eigenvalue weighted by molar-refractivity contribution is 5.83. The second kappa shape index (κ2) is 7.83. The van der Waals surface area contributed by atoms with Gasteiger partial charge in [0.2, 0.25) is 0 Å². The van der Waals surface area contributed by atoms with Crippen molar-refractivity contribution in [3.63, 3.8) is 0 Å². The third kappa shape index (κ3) is 3.81. The van der Waals surface area contributed by atoms with Gasteiger partial charge in [-0.25, -0.2) is 0 Å². The smallest absolute Gasteiger partial charge is 0.320 e. The Morgan fingerprint density at radius 3 is 2.60 bits per heavy atom. The topological polar surface area (TPSA) is 88.1 Å². The zero-order chi connectivity index (χ0) is 17.6. The first-order valence-electron chi connectivity index (χ1n) is 8.47. The van der Waals surface area contributed by atoms with Gasteiger partial charge in [-0.15, -0.1) is 0 Å². The van der Waals surface area contributed by atoms with E-state index in [-0.39, 0.29) is 6.01 Å². The number of benzene rings is 1. The minimum absolute atomic E-state index is 0.276. The number of anilines is 1. The Morgan fingerprint density at radius 1 is 1.08 bits per heavy atom. The van der Waals surface area contributed by atoms with Crippen molar-refractivity contribution in [2.45, 2.75) is 32.7 Å². The molecule has 0 spiro atoms. The Kier molecular flexibility index (Phi) is 5.33. The summed E-state index contributed by atoms with van der Waals surface area (Å²) in [4.78, 5) is 13.1. The standard InChI is InChI=1S/C18H23N5O2/c1-3-4-8-11-25-17-21-15(19)14-16(22-17)23(18(20-14)24-2)12-13-9-6-5-7-10-13/h5-7,9-10H,3-4,8,11-12H2,1-2H3,(H2,19,21,22). The molecule has 3 aromatic rings. The number of nitrogen functional groups attached to an aromatic ring is 1. The fourth-order valence-corrected chi connectivity index (χ4v) is 2.63. The summed E-state index contributed by atoms with van der Waals surface area (Å²) in [6.45, 7) is 3.30. The zero-order valence-corrected chi connectivity index (χ0v) is 14.6. The lowest BCUT2D eigenvalue weighted by molar-refractivity contribution is 0.284. The van der Waals surface area contributed by atoms with Crippen LogP contribution in [0.25, 0.3) is 11.2 Å². The second-order valence-corrected chi connectivity index (χ2v) is 5.79. The molecule has 7 heteroatoms. The van der Waals surface area contributed by atoms with Crippen LogP contribution in [0.3, 0.4) is 0 Å². The molecule has 0 fully saturated rings. The number of hydrogen-bond donors (Lipinski definition) is 1. The van der Waals surface area contributed by atoms with Crippen LogP contribution in [-0.2, 0) is 6.54 Å². The predicted octanol–water partition coefficient (Wildman–Crippen LogP) is 3.03. The van der Waals surface area contributed by atoms with Crippen molar-refractivity contribution in [2.75, 3.05) is 19.5 Å². The molecule has 132 valence electrons. The fraction of sp³-hybridized carbons (Fsp3) is 0.389. The van der Waals surface area contributed by atoms with E-state index in [1.165, 1.54) is 0 Å². The van der Waals surface area contributed by atoms with E-state index >= 15 is 0 Å². The van der Waals surface area contributed by atoms with Crippen molar-refractivity contribution in [3.05, 3.63) is 35.9 Å². The molecule has 25 heavy (non-hydrogen) atoms. The van der Waals surface area contributed by atoms with Gasteiger partial charge in [-0.3, -0.25) is 4.57 Å². The van der Waals surface area contributed by atoms with Gasteiger partial charge >= 0.3 is 6.01 Å². The Hall–Kier alpha value is -2.83. The SMILES string of the molecule is CCCCCOc1nc(N)c2nc(OC)n(Cc3ccccc3)c2n1. The largest absolute Gasteiger partial charge is 0.468 e. The maximum atomic E-state index is 6.06. The molecule has 3 rings (SSSR count). The molecule has 0 amide bonds. The summed E-state index contributed by atoms with van der Waals surface area (Å²) in [5.74, 6) is 0.292. The minimum Gasteiger partial charge on any atom is -0.468 e. The van der Waals surface area contributed by atoms with E-state index in [9.17, 15) is 0 Å². The Morgan fingerprint density at radius 2 is 1.88 bits per heavy atom. The number of nitrogens with two attached hydrogens (primary N) is 1. The van der Waals surface area contributed by atoms with Crippen LogP contribution >= 0.6 is 0 Å². The van der Waals surface area contributed by atoms with E-state index in [0.29, 0.717) is 36.1 Å². The fourth-order valence-electron chi connectivity index (χ4n) is 2.63. The average Bonchev–Trinajstić information content (AvgIpc) is 2.98. The first-order valence-corrected chi connectivity index (χ1v) is 8.47. The molecule has 0 bridgehead atoms. The lowest BCUT2D eigenvalue weighted by Gasteiger charge is -2.08. The second-order valence-electron chi connectivity index (χ2n) is 5.79. The van der Waals surface area contributed by atoms with Crippen molar-refractivity contribution in [3.8, 4) is 12.0 Å². The number of ether oxygens (including phenoxy) is 2. The van der Waals surface area contributed by atoms with E-state index < -0.39 is 0 Å². The molecule has 0 atom stereocenters. The molecule has 2 aromatic heterocycles. The van der Waals surface area contributed by atoms with Gasteiger partial charge in [0.25, 0.3) is 6.01 Å². The van der Waals surface area contributed by atoms with Gasteiger partial charge in [0.1, 0.15) is 0 Å². The summed E-state index contributed by atoms with van der Waals surface area (Å²) in [5, 5.41) is 0. The average molecular weight is 341 g/mol. The molecule has 0 unspecified atom stereocenters. The van der Waals surface area contributed by atoms with Gasteiger partial charge in [0.15, 0.2) is 17.0 Å². The summed E-state index contributed by atoms with van der Waals surface area (Å²) >= 11 is 0. The number of nitrogens with zero attached hydrogens (tertiary/aromatic N) is 4. The Bertz CT molecular complexity index is 832. The number of hydrogen-bond acceptors (Lipinski definition) is 6. The monoisotopic (exact) mass is 341 g/mol. The van der Waals surface area contributed by atoms with Crippen LogP contribution in [0.4, 0.5) is 5.82 Å². The van der Waals surface area contributed by atoms with Crippen molar-refractivity contribution in [2.24, 2.45) is 0 Å². The molecule has 0 aliphatic carbocycles. The van der Waals surface area contributed by atoms with Crippen molar-refractivity contribution < 1.29 is 9.47 Å². The minimum atomic E-state index is 0.276. The highest BCUT2D eigenvalue weighted by Crippen LogP contribution is 2.26. The third-order valence-corrected chi connectivity index (χ3v) is 3.91. The summed E-state index contributed by atoms with van der Waals surface area (Å²) in [6, 6.07) is 10.8. The summed E-state index contributed by atoms with van der Waals surface area (Å²) in [7, 11) is 1.58. The lowest BCUT2D eigenvalue weighted by Crippen LogP contribution is -2.07. The van der Waals surface area contributed by atoms with Crippen LogP contribution in [0.2, 0.25) is 0 Å². The maximum absolute atomic E-state index is 6.06. The number of unbranched alkanes of at least 4 members (excludes halogenated alkanes) is 2. The molecule has 0 radical (unpaired) electrons. The van der Waals surface area contributed by atoms with Crippen LogP contribution in [0, 0.1) is 0 Å². The molecule has 0 aliphatic rings. The van der Waals surface area contributed by atoms with Gasteiger partial charge in [-0.2, -0.15) is 15.0 Å². The van der Waals surface area contributed by atoms with Crippen molar-refractivity contribution in [1.29, 1.82) is 0 Å². The summed E-state index contributed by atoms with van der Waals surface area (Å²) in [5.41, 5.74) is 8.30. The lowest BCUT2D eigenvalue weighted by atomic mass is 10.2. The quantitative estimate of drug-likeness (QED) is 0.634. The van der Waals surface area contributed by atoms with E-state index in [4.69, 9.17) is 15.2 Å². The van der Waals surface area contributed by atoms with Gasteiger partial charge < -0.3 is 15.2 Å². The molecule has 0 saturated heterocycles. The molecule has 0 saturated carbocycles. The number of fused-ring (bicyclic) bond motifs is 1. The number of aromatic nitrogens is 4. The highest BCUT2D eigenvalue weighted by Gasteiger charge is 2.18. The number of imidazole rings is 1. The van der Waals surface area contributed by atoms with Crippen LogP contribution in [-0.4, -0.2) is 33.2 Å².